The summed E-state index contributed by atoms with van der Waals surface area (Å²) in [5, 5.41) is 20.6. The van der Waals surface area contributed by atoms with Crippen LogP contribution in [0.1, 0.15) is 23.0 Å². The molecule has 0 aliphatic heterocycles. The predicted octanol–water partition coefficient (Wildman–Crippen LogP) is 2.94. The van der Waals surface area contributed by atoms with Gasteiger partial charge < -0.3 is 9.84 Å². The highest BCUT2D eigenvalue weighted by Crippen LogP contribution is 2.26. The van der Waals surface area contributed by atoms with Crippen LogP contribution >= 0.6 is 0 Å². The van der Waals surface area contributed by atoms with E-state index < -0.39 is 5.91 Å². The van der Waals surface area contributed by atoms with Crippen molar-refractivity contribution in [3.8, 4) is 22.8 Å². The first kappa shape index (κ1) is 17.2. The number of methoxy groups -OCH3 is 1. The van der Waals surface area contributed by atoms with Crippen LogP contribution in [0.5, 0.6) is 11.5 Å². The standard InChI is InChI=1S/C19H18N4O3/c1-12(14-8-9-17(24)18(10-14)26-2)20-23-19(25)16-11-15(21-22-16)13-6-4-3-5-7-13/h3-11,24H,1-2H3,(H,21,22)(H,23,25). The molecule has 7 heteroatoms. The summed E-state index contributed by atoms with van der Waals surface area (Å²) in [5.74, 6) is -0.0202. The molecule has 26 heavy (non-hydrogen) atoms. The number of rotatable bonds is 5. The molecule has 3 aromatic rings. The van der Waals surface area contributed by atoms with Crippen LogP contribution in [0, 0.1) is 0 Å². The van der Waals surface area contributed by atoms with E-state index in [9.17, 15) is 9.90 Å². The van der Waals surface area contributed by atoms with Gasteiger partial charge in [0.2, 0.25) is 0 Å². The molecule has 2 aromatic carbocycles. The number of phenolic OH excluding ortho intramolecular Hbond substituents is 1. The molecule has 1 aromatic heterocycles. The van der Waals surface area contributed by atoms with Gasteiger partial charge in [-0.2, -0.15) is 10.2 Å². The molecule has 0 aliphatic carbocycles. The number of ether oxygens (including phenoxy) is 1. The van der Waals surface area contributed by atoms with Crippen LogP contribution in [0.3, 0.4) is 0 Å². The van der Waals surface area contributed by atoms with Crippen molar-refractivity contribution in [2.24, 2.45) is 5.10 Å². The molecule has 1 amide bonds. The number of aromatic hydroxyl groups is 1. The van der Waals surface area contributed by atoms with E-state index in [1.54, 1.807) is 25.1 Å². The van der Waals surface area contributed by atoms with Crippen molar-refractivity contribution in [2.45, 2.75) is 6.92 Å². The van der Waals surface area contributed by atoms with Crippen molar-refractivity contribution in [3.05, 3.63) is 65.9 Å². The van der Waals surface area contributed by atoms with Crippen LogP contribution in [-0.4, -0.2) is 34.0 Å². The fourth-order valence-electron chi connectivity index (χ4n) is 2.36. The van der Waals surface area contributed by atoms with Gasteiger partial charge in [-0.1, -0.05) is 30.3 Å². The molecule has 1 heterocycles. The highest BCUT2D eigenvalue weighted by atomic mass is 16.5. The number of aromatic nitrogens is 2. The van der Waals surface area contributed by atoms with Gasteiger partial charge in [0.1, 0.15) is 5.69 Å². The van der Waals surface area contributed by atoms with E-state index in [-0.39, 0.29) is 5.75 Å². The van der Waals surface area contributed by atoms with Gasteiger partial charge in [-0.15, -0.1) is 0 Å². The summed E-state index contributed by atoms with van der Waals surface area (Å²) in [4.78, 5) is 12.2. The molecule has 0 atom stereocenters. The molecule has 0 bridgehead atoms. The fourth-order valence-corrected chi connectivity index (χ4v) is 2.36. The molecular formula is C19H18N4O3. The van der Waals surface area contributed by atoms with E-state index in [0.717, 1.165) is 11.1 Å². The molecular weight excluding hydrogens is 332 g/mol. The van der Waals surface area contributed by atoms with Gasteiger partial charge >= 0.3 is 0 Å². The quantitative estimate of drug-likeness (QED) is 0.486. The van der Waals surface area contributed by atoms with Gasteiger partial charge in [0, 0.05) is 11.1 Å². The number of amides is 1. The molecule has 3 rings (SSSR count). The van der Waals surface area contributed by atoms with Crippen molar-refractivity contribution in [3.63, 3.8) is 0 Å². The number of H-pyrrole nitrogens is 1. The summed E-state index contributed by atoms with van der Waals surface area (Å²) >= 11 is 0. The monoisotopic (exact) mass is 350 g/mol. The maximum atomic E-state index is 12.2. The molecule has 0 fully saturated rings. The largest absolute Gasteiger partial charge is 0.504 e. The summed E-state index contributed by atoms with van der Waals surface area (Å²) in [6.45, 7) is 1.74. The SMILES string of the molecule is COc1cc(C(C)=NNC(=O)c2cc(-c3ccccc3)n[nH]2)ccc1O. The van der Waals surface area contributed by atoms with Crippen LogP contribution in [0.15, 0.2) is 59.7 Å². The number of aromatic amines is 1. The Morgan fingerprint density at radius 3 is 2.69 bits per heavy atom. The second-order valence-electron chi connectivity index (χ2n) is 5.56. The second kappa shape index (κ2) is 7.52. The minimum absolute atomic E-state index is 0.0407. The molecule has 0 aliphatic rings. The average Bonchev–Trinajstić information content (AvgIpc) is 3.17. The molecule has 0 saturated carbocycles. The molecule has 3 N–H and O–H groups in total. The Kier molecular flexibility index (Phi) is 4.98. The third-order valence-corrected chi connectivity index (χ3v) is 3.81. The normalized spacial score (nSPS) is 11.2. The topological polar surface area (TPSA) is 99.6 Å². The number of phenols is 1. The van der Waals surface area contributed by atoms with Crippen molar-refractivity contribution in [1.29, 1.82) is 0 Å². The number of hydrogen-bond acceptors (Lipinski definition) is 5. The van der Waals surface area contributed by atoms with Crippen LogP contribution < -0.4 is 10.2 Å². The van der Waals surface area contributed by atoms with Crippen molar-refractivity contribution >= 4 is 11.6 Å². The number of nitrogens with one attached hydrogen (secondary N) is 2. The summed E-state index contributed by atoms with van der Waals surface area (Å²) in [6.07, 6.45) is 0. The van der Waals surface area contributed by atoms with Gasteiger partial charge in [-0.05, 0) is 31.2 Å². The highest BCUT2D eigenvalue weighted by molar-refractivity contribution is 6.01. The van der Waals surface area contributed by atoms with E-state index in [0.29, 0.717) is 22.8 Å². The number of benzene rings is 2. The van der Waals surface area contributed by atoms with Gasteiger partial charge in [-0.3, -0.25) is 9.89 Å². The Hall–Kier alpha value is -3.61. The lowest BCUT2D eigenvalue weighted by atomic mass is 10.1. The lowest BCUT2D eigenvalue weighted by Gasteiger charge is -2.06. The lowest BCUT2D eigenvalue weighted by Crippen LogP contribution is -2.19. The Morgan fingerprint density at radius 1 is 1.19 bits per heavy atom. The van der Waals surface area contributed by atoms with E-state index in [2.05, 4.69) is 20.7 Å². The third kappa shape index (κ3) is 3.72. The van der Waals surface area contributed by atoms with E-state index in [4.69, 9.17) is 4.74 Å². The first-order valence-corrected chi connectivity index (χ1v) is 7.91. The van der Waals surface area contributed by atoms with Gasteiger partial charge in [0.05, 0.1) is 18.5 Å². The van der Waals surface area contributed by atoms with Crippen LogP contribution in [0.25, 0.3) is 11.3 Å². The number of hydrogen-bond donors (Lipinski definition) is 3. The third-order valence-electron chi connectivity index (χ3n) is 3.81. The minimum atomic E-state index is -0.398. The molecule has 7 nitrogen and oxygen atoms in total. The van der Waals surface area contributed by atoms with Crippen molar-refractivity contribution in [1.82, 2.24) is 15.6 Å². The van der Waals surface area contributed by atoms with Gasteiger partial charge in [0.15, 0.2) is 11.5 Å². The molecule has 0 unspecified atom stereocenters. The molecule has 132 valence electrons. The zero-order valence-electron chi connectivity index (χ0n) is 14.4. The smallest absolute Gasteiger partial charge is 0.289 e. The van der Waals surface area contributed by atoms with Gasteiger partial charge in [0.25, 0.3) is 5.91 Å². The number of carbonyl (C=O) groups excluding carboxylic acids is 1. The van der Waals surface area contributed by atoms with E-state index in [1.165, 1.54) is 13.2 Å². The summed E-state index contributed by atoms with van der Waals surface area (Å²) in [5.41, 5.74) is 5.68. The number of hydrazone groups is 1. The second-order valence-corrected chi connectivity index (χ2v) is 5.56. The Labute approximate surface area is 150 Å². The van der Waals surface area contributed by atoms with Crippen LogP contribution in [0.2, 0.25) is 0 Å². The first-order valence-electron chi connectivity index (χ1n) is 7.91. The first-order chi connectivity index (χ1) is 12.6. The average molecular weight is 350 g/mol. The van der Waals surface area contributed by atoms with Crippen molar-refractivity contribution in [2.75, 3.05) is 7.11 Å². The van der Waals surface area contributed by atoms with Crippen LogP contribution in [0.4, 0.5) is 0 Å². The fraction of sp³-hybridized carbons (Fsp3) is 0.105. The Bertz CT molecular complexity index is 948. The summed E-state index contributed by atoms with van der Waals surface area (Å²) in [7, 11) is 1.47. The predicted molar refractivity (Wildman–Crippen MR) is 98.4 cm³/mol. The Balaban J connectivity index is 1.72. The number of carbonyl (C=O) groups is 1. The molecule has 0 radical (unpaired) electrons. The van der Waals surface area contributed by atoms with E-state index in [1.807, 2.05) is 30.3 Å². The van der Waals surface area contributed by atoms with E-state index >= 15 is 0 Å². The molecule has 0 spiro atoms. The zero-order valence-corrected chi connectivity index (χ0v) is 14.4. The lowest BCUT2D eigenvalue weighted by molar-refractivity contribution is 0.0950. The van der Waals surface area contributed by atoms with Crippen molar-refractivity contribution < 1.29 is 14.6 Å². The highest BCUT2D eigenvalue weighted by Gasteiger charge is 2.11. The maximum absolute atomic E-state index is 12.2. The molecule has 0 saturated heterocycles. The maximum Gasteiger partial charge on any atom is 0.289 e. The number of nitrogens with zero attached hydrogens (tertiary/aromatic N) is 2. The summed E-state index contributed by atoms with van der Waals surface area (Å²) < 4.78 is 5.07. The Morgan fingerprint density at radius 2 is 1.96 bits per heavy atom. The summed E-state index contributed by atoms with van der Waals surface area (Å²) in [6, 6.07) is 16.1. The zero-order chi connectivity index (χ0) is 18.5. The van der Waals surface area contributed by atoms with Crippen LogP contribution in [-0.2, 0) is 0 Å². The van der Waals surface area contributed by atoms with Gasteiger partial charge in [-0.25, -0.2) is 5.43 Å². The minimum Gasteiger partial charge on any atom is -0.504 e.